The number of nitrogen functional groups attached to an aromatic ring is 1. The summed E-state index contributed by atoms with van der Waals surface area (Å²) in [5.41, 5.74) is 9.39. The lowest BCUT2D eigenvalue weighted by atomic mass is 10.1. The van der Waals surface area contributed by atoms with Crippen molar-refractivity contribution in [2.45, 2.75) is 44.6 Å². The van der Waals surface area contributed by atoms with Crippen LogP contribution < -0.4 is 15.4 Å². The van der Waals surface area contributed by atoms with Gasteiger partial charge in [0.25, 0.3) is 15.9 Å². The molecule has 8 nitrogen and oxygen atoms in total. The summed E-state index contributed by atoms with van der Waals surface area (Å²) in [6.45, 7) is 6.25. The number of fused-ring (bicyclic) bond motifs is 1. The van der Waals surface area contributed by atoms with Gasteiger partial charge in [-0.1, -0.05) is 55.5 Å². The number of nitrogens with zero attached hydrogens (tertiary/aromatic N) is 2. The first-order chi connectivity index (χ1) is 18.5. The van der Waals surface area contributed by atoms with Crippen LogP contribution in [-0.4, -0.2) is 43.6 Å². The number of carbonyl (C=O) groups excluding carboxylic acids is 1. The van der Waals surface area contributed by atoms with Crippen molar-refractivity contribution >= 4 is 48.3 Å². The maximum absolute atomic E-state index is 13.8. The Labute approximate surface area is 233 Å². The van der Waals surface area contributed by atoms with E-state index < -0.39 is 16.1 Å². The van der Waals surface area contributed by atoms with Crippen molar-refractivity contribution in [2.24, 2.45) is 5.92 Å². The molecule has 39 heavy (non-hydrogen) atoms. The van der Waals surface area contributed by atoms with Crippen molar-refractivity contribution in [3.8, 4) is 0 Å². The molecule has 10 heteroatoms. The molecule has 0 spiro atoms. The standard InChI is InChI=1S/C29H34N4O4S2/c1-19(2)18-33(39(36,37)24-13-14-26-27(16-24)38-29(30)32-26)22-9-6-8-21(15-22)11-12-23(34)17-31-28(35)25-10-5-4-7-20(25)3/h4-10,13-16,19,23,34H,11-12,17-18H2,1-3H3,(H2,30,32)(H,31,35). The zero-order chi connectivity index (χ0) is 28.2. The lowest BCUT2D eigenvalue weighted by molar-refractivity contribution is 0.0910. The smallest absolute Gasteiger partial charge is 0.264 e. The molecule has 1 heterocycles. The predicted octanol–water partition coefficient (Wildman–Crippen LogP) is 4.76. The zero-order valence-electron chi connectivity index (χ0n) is 22.3. The molecule has 0 saturated heterocycles. The number of nitrogens with two attached hydrogens (primary N) is 1. The maximum Gasteiger partial charge on any atom is 0.264 e. The first kappa shape index (κ1) is 28.5. The Balaban J connectivity index is 1.47. The molecule has 206 valence electrons. The highest BCUT2D eigenvalue weighted by molar-refractivity contribution is 7.92. The van der Waals surface area contributed by atoms with Gasteiger partial charge in [0.15, 0.2) is 5.13 Å². The zero-order valence-corrected chi connectivity index (χ0v) is 23.9. The van der Waals surface area contributed by atoms with E-state index in [2.05, 4.69) is 10.3 Å². The molecule has 1 atom stereocenters. The van der Waals surface area contributed by atoms with Gasteiger partial charge in [0.1, 0.15) is 0 Å². The third-order valence-electron chi connectivity index (χ3n) is 6.35. The van der Waals surface area contributed by atoms with Gasteiger partial charge in [0.2, 0.25) is 0 Å². The average Bonchev–Trinajstić information content (AvgIpc) is 3.28. The molecule has 1 unspecified atom stereocenters. The van der Waals surface area contributed by atoms with Crippen LogP contribution in [-0.2, 0) is 16.4 Å². The highest BCUT2D eigenvalue weighted by Crippen LogP contribution is 2.30. The Morgan fingerprint density at radius 3 is 2.62 bits per heavy atom. The first-order valence-electron chi connectivity index (χ1n) is 12.8. The number of nitrogens with one attached hydrogen (secondary N) is 1. The minimum absolute atomic E-state index is 0.0879. The number of aromatic nitrogens is 1. The Morgan fingerprint density at radius 1 is 1.10 bits per heavy atom. The van der Waals surface area contributed by atoms with Crippen molar-refractivity contribution < 1.29 is 18.3 Å². The summed E-state index contributed by atoms with van der Waals surface area (Å²) in [4.78, 5) is 16.8. The largest absolute Gasteiger partial charge is 0.391 e. The third-order valence-corrected chi connectivity index (χ3v) is 8.99. The normalized spacial score (nSPS) is 12.5. The van der Waals surface area contributed by atoms with Crippen LogP contribution in [0.4, 0.5) is 10.8 Å². The molecule has 4 rings (SSSR count). The van der Waals surface area contributed by atoms with Gasteiger partial charge >= 0.3 is 0 Å². The summed E-state index contributed by atoms with van der Waals surface area (Å²) in [7, 11) is -3.85. The molecule has 3 aromatic carbocycles. The number of carbonyl (C=O) groups is 1. The van der Waals surface area contributed by atoms with E-state index in [0.717, 1.165) is 15.8 Å². The number of aryl methyl sites for hydroxylation is 2. The number of rotatable bonds is 11. The summed E-state index contributed by atoms with van der Waals surface area (Å²) in [5, 5.41) is 13.7. The van der Waals surface area contributed by atoms with E-state index in [1.807, 2.05) is 57.2 Å². The molecule has 0 bridgehead atoms. The number of aliphatic hydroxyl groups is 1. The Hall–Kier alpha value is -3.47. The van der Waals surface area contributed by atoms with Crippen LogP contribution in [0, 0.1) is 12.8 Å². The van der Waals surface area contributed by atoms with Crippen molar-refractivity contribution in [3.63, 3.8) is 0 Å². The van der Waals surface area contributed by atoms with Crippen molar-refractivity contribution in [2.75, 3.05) is 23.1 Å². The fraction of sp³-hybridized carbons (Fsp3) is 0.310. The van der Waals surface area contributed by atoms with Crippen LogP contribution in [0.1, 0.15) is 41.8 Å². The van der Waals surface area contributed by atoms with Gasteiger partial charge < -0.3 is 16.2 Å². The molecular formula is C29H34N4O4S2. The molecule has 0 saturated carbocycles. The SMILES string of the molecule is Cc1ccccc1C(=O)NCC(O)CCc1cccc(N(CC(C)C)S(=O)(=O)c2ccc3nc(N)sc3c2)c1. The number of amides is 1. The van der Waals surface area contributed by atoms with Gasteiger partial charge in [-0.05, 0) is 73.2 Å². The topological polar surface area (TPSA) is 126 Å². The van der Waals surface area contributed by atoms with Gasteiger partial charge in [-0.2, -0.15) is 0 Å². The molecule has 0 aliphatic carbocycles. The second kappa shape index (κ2) is 12.1. The van der Waals surface area contributed by atoms with Gasteiger partial charge in [0.05, 0.1) is 26.9 Å². The van der Waals surface area contributed by atoms with E-state index in [9.17, 15) is 18.3 Å². The molecule has 0 fully saturated rings. The second-order valence-corrected chi connectivity index (χ2v) is 12.9. The minimum Gasteiger partial charge on any atom is -0.391 e. The van der Waals surface area contributed by atoms with E-state index >= 15 is 0 Å². The molecule has 1 aromatic heterocycles. The highest BCUT2D eigenvalue weighted by atomic mass is 32.2. The minimum atomic E-state index is -3.85. The second-order valence-electron chi connectivity index (χ2n) is 10.00. The molecule has 4 N–H and O–H groups in total. The number of hydrogen-bond acceptors (Lipinski definition) is 7. The Morgan fingerprint density at radius 2 is 1.87 bits per heavy atom. The summed E-state index contributed by atoms with van der Waals surface area (Å²) in [6.07, 6.45) is 0.199. The fourth-order valence-corrected chi connectivity index (χ4v) is 6.82. The molecule has 0 aliphatic heterocycles. The third kappa shape index (κ3) is 6.95. The van der Waals surface area contributed by atoms with Crippen molar-refractivity contribution in [1.82, 2.24) is 10.3 Å². The van der Waals surface area contributed by atoms with Crippen LogP contribution >= 0.6 is 11.3 Å². The van der Waals surface area contributed by atoms with Crippen LogP contribution in [0.2, 0.25) is 0 Å². The number of hydrogen-bond donors (Lipinski definition) is 3. The fourth-order valence-electron chi connectivity index (χ4n) is 4.32. The van der Waals surface area contributed by atoms with E-state index in [1.54, 1.807) is 30.3 Å². The highest BCUT2D eigenvalue weighted by Gasteiger charge is 2.26. The van der Waals surface area contributed by atoms with Crippen molar-refractivity contribution in [1.29, 1.82) is 0 Å². The van der Waals surface area contributed by atoms with Crippen LogP contribution in [0.5, 0.6) is 0 Å². The summed E-state index contributed by atoms with van der Waals surface area (Å²) >= 11 is 1.25. The molecular weight excluding hydrogens is 532 g/mol. The van der Waals surface area contributed by atoms with Crippen molar-refractivity contribution in [3.05, 3.63) is 83.4 Å². The first-order valence-corrected chi connectivity index (χ1v) is 15.1. The summed E-state index contributed by atoms with van der Waals surface area (Å²) in [6, 6.07) is 19.5. The number of benzene rings is 3. The van der Waals surface area contributed by atoms with E-state index in [-0.39, 0.29) is 23.3 Å². The number of aliphatic hydroxyl groups excluding tert-OH is 1. The lowest BCUT2D eigenvalue weighted by Crippen LogP contribution is -2.34. The molecule has 0 aliphatic rings. The lowest BCUT2D eigenvalue weighted by Gasteiger charge is -2.27. The van der Waals surface area contributed by atoms with E-state index in [1.165, 1.54) is 15.6 Å². The average molecular weight is 567 g/mol. The monoisotopic (exact) mass is 566 g/mol. The van der Waals surface area contributed by atoms with E-state index in [4.69, 9.17) is 5.73 Å². The van der Waals surface area contributed by atoms with Crippen LogP contribution in [0.15, 0.2) is 71.6 Å². The Bertz CT molecular complexity index is 1570. The maximum atomic E-state index is 13.8. The van der Waals surface area contributed by atoms with Gasteiger partial charge in [0, 0.05) is 18.7 Å². The number of sulfonamides is 1. The molecule has 4 aromatic rings. The number of thiazole rings is 1. The predicted molar refractivity (Wildman–Crippen MR) is 158 cm³/mol. The quantitative estimate of drug-likeness (QED) is 0.240. The molecule has 0 radical (unpaired) electrons. The number of anilines is 2. The summed E-state index contributed by atoms with van der Waals surface area (Å²) < 4.78 is 29.7. The summed E-state index contributed by atoms with van der Waals surface area (Å²) in [5.74, 6) is -0.132. The Kier molecular flexibility index (Phi) is 8.89. The van der Waals surface area contributed by atoms with Crippen LogP contribution in [0.3, 0.4) is 0 Å². The van der Waals surface area contributed by atoms with Crippen LogP contribution in [0.25, 0.3) is 10.2 Å². The van der Waals surface area contributed by atoms with Gasteiger partial charge in [-0.15, -0.1) is 0 Å². The van der Waals surface area contributed by atoms with Gasteiger partial charge in [-0.3, -0.25) is 9.10 Å². The van der Waals surface area contributed by atoms with Gasteiger partial charge in [-0.25, -0.2) is 13.4 Å². The molecule has 1 amide bonds. The van der Waals surface area contributed by atoms with E-state index in [0.29, 0.717) is 41.3 Å².